The van der Waals surface area contributed by atoms with E-state index in [0.29, 0.717) is 12.0 Å². The highest BCUT2D eigenvalue weighted by Gasteiger charge is 2.19. The molecule has 1 aliphatic heterocycles. The third-order valence-corrected chi connectivity index (χ3v) is 5.22. The van der Waals surface area contributed by atoms with E-state index in [-0.39, 0.29) is 0 Å². The van der Waals surface area contributed by atoms with Gasteiger partial charge in [-0.15, -0.1) is 0 Å². The maximum absolute atomic E-state index is 5.99. The first-order chi connectivity index (χ1) is 12.3. The predicted molar refractivity (Wildman–Crippen MR) is 104 cm³/mol. The Morgan fingerprint density at radius 1 is 1.16 bits per heavy atom. The van der Waals surface area contributed by atoms with Gasteiger partial charge in [0.15, 0.2) is 5.96 Å². The first kappa shape index (κ1) is 20.5. The summed E-state index contributed by atoms with van der Waals surface area (Å²) in [6.45, 7) is 7.71. The zero-order valence-corrected chi connectivity index (χ0v) is 16.5. The number of hydrogen-bond acceptors (Lipinski definition) is 3. The van der Waals surface area contributed by atoms with Gasteiger partial charge in [0.25, 0.3) is 0 Å². The van der Waals surface area contributed by atoms with Crippen molar-refractivity contribution in [3.05, 3.63) is 0 Å². The highest BCUT2D eigenvalue weighted by atomic mass is 16.5. The van der Waals surface area contributed by atoms with Crippen LogP contribution in [0.15, 0.2) is 4.99 Å². The zero-order chi connectivity index (χ0) is 17.7. The average Bonchev–Trinajstić information content (AvgIpc) is 3.13. The summed E-state index contributed by atoms with van der Waals surface area (Å²) >= 11 is 0. The number of nitrogens with zero attached hydrogens (tertiary/aromatic N) is 2. The number of aliphatic imine (C=N–C) groups is 1. The summed E-state index contributed by atoms with van der Waals surface area (Å²) < 4.78 is 11.5. The number of guanidine groups is 1. The second-order valence-corrected chi connectivity index (χ2v) is 7.54. The molecule has 0 aromatic carbocycles. The van der Waals surface area contributed by atoms with E-state index in [1.807, 2.05) is 0 Å². The second-order valence-electron chi connectivity index (χ2n) is 7.54. The minimum atomic E-state index is 0.542. The van der Waals surface area contributed by atoms with Crippen LogP contribution in [0.3, 0.4) is 0 Å². The SMILES string of the molecule is CCNC(=NCCCCCOC1CCCCC1)N(C)CC1CCOC1. The van der Waals surface area contributed by atoms with Gasteiger partial charge in [-0.05, 0) is 45.4 Å². The Bertz CT molecular complexity index is 364. The van der Waals surface area contributed by atoms with Crippen molar-refractivity contribution in [2.75, 3.05) is 46.5 Å². The molecule has 0 aromatic heterocycles. The number of hydrogen-bond donors (Lipinski definition) is 1. The molecule has 5 nitrogen and oxygen atoms in total. The Labute approximate surface area is 154 Å². The molecule has 1 unspecified atom stereocenters. The van der Waals surface area contributed by atoms with E-state index < -0.39 is 0 Å². The normalized spacial score (nSPS) is 22.3. The Kier molecular flexibility index (Phi) is 10.3. The molecule has 1 aliphatic carbocycles. The van der Waals surface area contributed by atoms with E-state index in [2.05, 4.69) is 24.2 Å². The Balaban J connectivity index is 1.56. The van der Waals surface area contributed by atoms with Crippen LogP contribution in [0.2, 0.25) is 0 Å². The van der Waals surface area contributed by atoms with E-state index >= 15 is 0 Å². The molecule has 1 N–H and O–H groups in total. The van der Waals surface area contributed by atoms with Crippen molar-refractivity contribution in [3.63, 3.8) is 0 Å². The van der Waals surface area contributed by atoms with Crippen molar-refractivity contribution in [3.8, 4) is 0 Å². The van der Waals surface area contributed by atoms with Crippen molar-refractivity contribution in [1.29, 1.82) is 0 Å². The van der Waals surface area contributed by atoms with E-state index in [4.69, 9.17) is 14.5 Å². The maximum atomic E-state index is 5.99. The lowest BCUT2D eigenvalue weighted by Crippen LogP contribution is -2.41. The summed E-state index contributed by atoms with van der Waals surface area (Å²) in [5.41, 5.74) is 0. The van der Waals surface area contributed by atoms with Gasteiger partial charge in [-0.2, -0.15) is 0 Å². The quantitative estimate of drug-likeness (QED) is 0.371. The van der Waals surface area contributed by atoms with Crippen LogP contribution >= 0.6 is 0 Å². The van der Waals surface area contributed by atoms with Gasteiger partial charge >= 0.3 is 0 Å². The fourth-order valence-electron chi connectivity index (χ4n) is 3.73. The van der Waals surface area contributed by atoms with Crippen molar-refractivity contribution < 1.29 is 9.47 Å². The molecule has 0 spiro atoms. The molecule has 2 rings (SSSR count). The molecule has 5 heteroatoms. The molecule has 2 fully saturated rings. The van der Waals surface area contributed by atoms with Gasteiger partial charge in [0, 0.05) is 45.8 Å². The first-order valence-corrected chi connectivity index (χ1v) is 10.5. The van der Waals surface area contributed by atoms with Crippen LogP contribution in [-0.4, -0.2) is 63.5 Å². The molecule has 0 radical (unpaired) electrons. The van der Waals surface area contributed by atoms with Crippen molar-refractivity contribution in [2.24, 2.45) is 10.9 Å². The fourth-order valence-corrected chi connectivity index (χ4v) is 3.73. The lowest BCUT2D eigenvalue weighted by molar-refractivity contribution is 0.0264. The summed E-state index contributed by atoms with van der Waals surface area (Å²) in [5.74, 6) is 1.68. The number of rotatable bonds is 10. The van der Waals surface area contributed by atoms with Crippen molar-refractivity contribution >= 4 is 5.96 Å². The smallest absolute Gasteiger partial charge is 0.193 e. The molecular weight excluding hydrogens is 314 g/mol. The van der Waals surface area contributed by atoms with Crippen LogP contribution in [0.4, 0.5) is 0 Å². The molecule has 1 heterocycles. The first-order valence-electron chi connectivity index (χ1n) is 10.5. The molecule has 1 saturated heterocycles. The van der Waals surface area contributed by atoms with Crippen molar-refractivity contribution in [2.45, 2.75) is 70.8 Å². The standard InChI is InChI=1S/C20H39N3O2/c1-3-21-20(23(2)16-18-12-15-24-17-18)22-13-8-5-9-14-25-19-10-6-4-7-11-19/h18-19H,3-17H2,1-2H3,(H,21,22). The molecule has 25 heavy (non-hydrogen) atoms. The lowest BCUT2D eigenvalue weighted by atomic mass is 9.98. The van der Waals surface area contributed by atoms with Crippen molar-refractivity contribution in [1.82, 2.24) is 10.2 Å². The summed E-state index contributed by atoms with van der Waals surface area (Å²) in [7, 11) is 2.14. The highest BCUT2D eigenvalue weighted by molar-refractivity contribution is 5.79. The van der Waals surface area contributed by atoms with Gasteiger partial charge in [-0.25, -0.2) is 0 Å². The van der Waals surface area contributed by atoms with Gasteiger partial charge in [-0.1, -0.05) is 19.3 Å². The number of ether oxygens (including phenoxy) is 2. The minimum absolute atomic E-state index is 0.542. The molecule has 1 saturated carbocycles. The molecule has 146 valence electrons. The predicted octanol–water partition coefficient (Wildman–Crippen LogP) is 3.44. The topological polar surface area (TPSA) is 46.1 Å². The van der Waals surface area contributed by atoms with E-state index in [1.165, 1.54) is 44.9 Å². The molecule has 2 aliphatic rings. The fraction of sp³-hybridized carbons (Fsp3) is 0.950. The maximum Gasteiger partial charge on any atom is 0.193 e. The summed E-state index contributed by atoms with van der Waals surface area (Å²) in [4.78, 5) is 7.05. The number of nitrogens with one attached hydrogen (secondary N) is 1. The monoisotopic (exact) mass is 353 g/mol. The van der Waals surface area contributed by atoms with Crippen LogP contribution in [0.5, 0.6) is 0 Å². The molecule has 0 aromatic rings. The number of unbranched alkanes of at least 4 members (excludes halogenated alkanes) is 2. The third kappa shape index (κ3) is 8.41. The summed E-state index contributed by atoms with van der Waals surface area (Å²) in [6.07, 6.45) is 11.9. The van der Waals surface area contributed by atoms with E-state index in [9.17, 15) is 0 Å². The highest BCUT2D eigenvalue weighted by Crippen LogP contribution is 2.20. The molecule has 1 atom stereocenters. The van der Waals surface area contributed by atoms with Crippen LogP contribution in [0.25, 0.3) is 0 Å². The van der Waals surface area contributed by atoms with E-state index in [0.717, 1.165) is 58.3 Å². The Hall–Kier alpha value is -0.810. The Morgan fingerprint density at radius 3 is 2.72 bits per heavy atom. The van der Waals surface area contributed by atoms with Crippen LogP contribution in [0.1, 0.15) is 64.7 Å². The van der Waals surface area contributed by atoms with Crippen LogP contribution in [-0.2, 0) is 9.47 Å². The third-order valence-electron chi connectivity index (χ3n) is 5.22. The summed E-state index contributed by atoms with van der Waals surface area (Å²) in [5, 5.41) is 3.41. The van der Waals surface area contributed by atoms with Gasteiger partial charge < -0.3 is 19.7 Å². The Morgan fingerprint density at radius 2 is 2.00 bits per heavy atom. The lowest BCUT2D eigenvalue weighted by Gasteiger charge is -2.24. The van der Waals surface area contributed by atoms with Gasteiger partial charge in [0.2, 0.25) is 0 Å². The van der Waals surface area contributed by atoms with Gasteiger partial charge in [0.1, 0.15) is 0 Å². The average molecular weight is 354 g/mol. The molecule has 0 bridgehead atoms. The molecular formula is C20H39N3O2. The van der Waals surface area contributed by atoms with Crippen LogP contribution < -0.4 is 5.32 Å². The van der Waals surface area contributed by atoms with Gasteiger partial charge in [0.05, 0.1) is 12.7 Å². The van der Waals surface area contributed by atoms with Gasteiger partial charge in [-0.3, -0.25) is 4.99 Å². The minimum Gasteiger partial charge on any atom is -0.381 e. The van der Waals surface area contributed by atoms with E-state index in [1.54, 1.807) is 0 Å². The molecule has 0 amide bonds. The zero-order valence-electron chi connectivity index (χ0n) is 16.5. The van der Waals surface area contributed by atoms with Crippen LogP contribution in [0, 0.1) is 5.92 Å². The second kappa shape index (κ2) is 12.5. The largest absolute Gasteiger partial charge is 0.381 e. The summed E-state index contributed by atoms with van der Waals surface area (Å²) in [6, 6.07) is 0.